The summed E-state index contributed by atoms with van der Waals surface area (Å²) in [5, 5.41) is 2.84. The van der Waals surface area contributed by atoms with Gasteiger partial charge in [0.15, 0.2) is 5.58 Å². The van der Waals surface area contributed by atoms with E-state index >= 15 is 0 Å². The third-order valence-corrected chi connectivity index (χ3v) is 5.45. The lowest BCUT2D eigenvalue weighted by Crippen LogP contribution is -2.24. The van der Waals surface area contributed by atoms with E-state index in [0.717, 1.165) is 27.9 Å². The molecule has 1 atom stereocenters. The van der Waals surface area contributed by atoms with Gasteiger partial charge in [0, 0.05) is 10.8 Å². The summed E-state index contributed by atoms with van der Waals surface area (Å²) in [5.41, 5.74) is 2.26. The van der Waals surface area contributed by atoms with Crippen molar-refractivity contribution in [3.63, 3.8) is 0 Å². The van der Waals surface area contributed by atoms with Crippen molar-refractivity contribution in [3.8, 4) is 0 Å². The van der Waals surface area contributed by atoms with Crippen LogP contribution in [0.5, 0.6) is 0 Å². The van der Waals surface area contributed by atoms with Crippen molar-refractivity contribution >= 4 is 29.1 Å². The molecule has 1 unspecified atom stereocenters. The van der Waals surface area contributed by atoms with Crippen LogP contribution in [0.3, 0.4) is 0 Å². The Morgan fingerprint density at radius 2 is 1.65 bits per heavy atom. The molecule has 120 valence electrons. The molecule has 2 aromatic carbocycles. The molecule has 3 heteroatoms. The molecular formula is C20H24O2P+. The van der Waals surface area contributed by atoms with Crippen LogP contribution in [0.1, 0.15) is 46.6 Å². The lowest BCUT2D eigenvalue weighted by atomic mass is 9.72. The minimum atomic E-state index is -1.82. The maximum Gasteiger partial charge on any atom is 0.597 e. The number of benzene rings is 2. The molecule has 1 aromatic heterocycles. The first-order chi connectivity index (χ1) is 10.7. The molecule has 0 spiro atoms. The Labute approximate surface area is 138 Å². The third-order valence-electron chi connectivity index (χ3n) is 4.31. The van der Waals surface area contributed by atoms with E-state index in [1.807, 2.05) is 24.3 Å². The standard InChI is InChI=1S/C20H24O2P/c1-19(2,3)13-20(4,5)14-10-11-15-16-8-6-7-9-18(16)23(21)22-17(15)12-14/h6-12H,13H2,1-5H3/q+1. The molecule has 23 heavy (non-hydrogen) atoms. The molecular weight excluding hydrogens is 303 g/mol. The van der Waals surface area contributed by atoms with Crippen LogP contribution in [0.4, 0.5) is 0 Å². The summed E-state index contributed by atoms with van der Waals surface area (Å²) < 4.78 is 18.1. The number of hydrogen-bond acceptors (Lipinski definition) is 2. The molecule has 0 aliphatic carbocycles. The van der Waals surface area contributed by atoms with E-state index in [2.05, 4.69) is 52.8 Å². The fourth-order valence-corrected chi connectivity index (χ4v) is 4.70. The molecule has 0 amide bonds. The molecule has 3 aromatic rings. The van der Waals surface area contributed by atoms with Crippen LogP contribution in [0.15, 0.2) is 46.7 Å². The smallest absolute Gasteiger partial charge is 0.250 e. The summed E-state index contributed by atoms with van der Waals surface area (Å²) in [5.74, 6) is 0. The Balaban J connectivity index is 2.20. The second-order valence-corrected chi connectivity index (χ2v) is 9.38. The van der Waals surface area contributed by atoms with Crippen LogP contribution < -0.4 is 0 Å². The van der Waals surface area contributed by atoms with Gasteiger partial charge in [-0.2, -0.15) is 0 Å². The average molecular weight is 327 g/mol. The summed E-state index contributed by atoms with van der Waals surface area (Å²) >= 11 is 0. The van der Waals surface area contributed by atoms with Crippen molar-refractivity contribution < 1.29 is 8.76 Å². The Bertz CT molecular complexity index is 930. The van der Waals surface area contributed by atoms with Crippen LogP contribution in [0.25, 0.3) is 21.5 Å². The Morgan fingerprint density at radius 1 is 0.957 bits per heavy atom. The van der Waals surface area contributed by atoms with E-state index in [-0.39, 0.29) is 10.8 Å². The molecule has 0 radical (unpaired) electrons. The molecule has 0 bridgehead atoms. The van der Waals surface area contributed by atoms with Gasteiger partial charge in [0.2, 0.25) is 5.12 Å². The zero-order chi connectivity index (χ0) is 16.8. The van der Waals surface area contributed by atoms with E-state index in [4.69, 9.17) is 4.20 Å². The van der Waals surface area contributed by atoms with Crippen molar-refractivity contribution in [3.05, 3.63) is 48.0 Å². The van der Waals surface area contributed by atoms with Gasteiger partial charge in [-0.1, -0.05) is 52.8 Å². The van der Waals surface area contributed by atoms with E-state index in [0.29, 0.717) is 0 Å². The van der Waals surface area contributed by atoms with Gasteiger partial charge in [-0.3, -0.25) is 0 Å². The quantitative estimate of drug-likeness (QED) is 0.472. The summed E-state index contributed by atoms with van der Waals surface area (Å²) in [6.07, 6.45) is 1.07. The van der Waals surface area contributed by atoms with Gasteiger partial charge in [0.25, 0.3) is 0 Å². The first-order valence-electron chi connectivity index (χ1n) is 8.07. The van der Waals surface area contributed by atoms with Crippen LogP contribution in [0.2, 0.25) is 0 Å². The monoisotopic (exact) mass is 327 g/mol. The third kappa shape index (κ3) is 3.19. The minimum absolute atomic E-state index is 0.0409. The number of rotatable bonds is 2. The highest BCUT2D eigenvalue weighted by atomic mass is 31.1. The molecule has 0 saturated heterocycles. The second-order valence-electron chi connectivity index (χ2n) is 8.20. The predicted octanol–water partition coefficient (Wildman–Crippen LogP) is 7.04. The van der Waals surface area contributed by atoms with Crippen molar-refractivity contribution in [2.24, 2.45) is 5.41 Å². The van der Waals surface area contributed by atoms with Gasteiger partial charge in [-0.05, 0) is 51.6 Å². The van der Waals surface area contributed by atoms with Crippen molar-refractivity contribution in [2.45, 2.75) is 46.5 Å². The van der Waals surface area contributed by atoms with Gasteiger partial charge in [-0.15, -0.1) is 0 Å². The van der Waals surface area contributed by atoms with E-state index in [1.54, 1.807) is 0 Å². The molecule has 0 saturated carbocycles. The summed E-state index contributed by atoms with van der Waals surface area (Å²) in [4.78, 5) is 0. The van der Waals surface area contributed by atoms with Crippen LogP contribution in [-0.2, 0) is 9.98 Å². The SMILES string of the molecule is CC(C)(C)CC(C)(C)c1ccc2c(c1)o[p+](=O)c1ccccc21. The van der Waals surface area contributed by atoms with Crippen molar-refractivity contribution in [1.29, 1.82) is 0 Å². The number of hydrogen-bond donors (Lipinski definition) is 0. The van der Waals surface area contributed by atoms with E-state index in [9.17, 15) is 4.57 Å². The van der Waals surface area contributed by atoms with Gasteiger partial charge in [0.1, 0.15) is 0 Å². The van der Waals surface area contributed by atoms with E-state index in [1.165, 1.54) is 5.56 Å². The Kier molecular flexibility index (Phi) is 3.84. The average Bonchev–Trinajstić information content (AvgIpc) is 2.44. The summed E-state index contributed by atoms with van der Waals surface area (Å²) in [6.45, 7) is 11.3. The topological polar surface area (TPSA) is 30.2 Å². The van der Waals surface area contributed by atoms with Gasteiger partial charge < -0.3 is 0 Å². The Hall–Kier alpha value is -1.66. The highest BCUT2D eigenvalue weighted by molar-refractivity contribution is 7.37. The van der Waals surface area contributed by atoms with Gasteiger partial charge in [0.05, 0.1) is 0 Å². The van der Waals surface area contributed by atoms with Crippen molar-refractivity contribution in [1.82, 2.24) is 0 Å². The largest absolute Gasteiger partial charge is 0.597 e. The van der Waals surface area contributed by atoms with E-state index < -0.39 is 7.65 Å². The van der Waals surface area contributed by atoms with Crippen LogP contribution in [-0.4, -0.2) is 0 Å². The normalized spacial score (nSPS) is 13.7. The lowest BCUT2D eigenvalue weighted by molar-refractivity contribution is 0.284. The first kappa shape index (κ1) is 16.2. The Morgan fingerprint density at radius 3 is 2.35 bits per heavy atom. The fraction of sp³-hybridized carbons (Fsp3) is 0.400. The van der Waals surface area contributed by atoms with Gasteiger partial charge >= 0.3 is 7.65 Å². The molecule has 2 nitrogen and oxygen atoms in total. The highest BCUT2D eigenvalue weighted by Gasteiger charge is 2.28. The first-order valence-corrected chi connectivity index (χ1v) is 9.24. The molecule has 0 aliphatic rings. The maximum absolute atomic E-state index is 12.4. The molecule has 0 aliphatic heterocycles. The maximum atomic E-state index is 12.4. The summed E-state index contributed by atoms with van der Waals surface area (Å²) in [7, 11) is -1.82. The second kappa shape index (κ2) is 5.46. The minimum Gasteiger partial charge on any atom is -0.250 e. The molecule has 1 heterocycles. The molecule has 0 N–H and O–H groups in total. The fourth-order valence-electron chi connectivity index (χ4n) is 3.67. The van der Waals surface area contributed by atoms with Crippen LogP contribution >= 0.6 is 7.65 Å². The van der Waals surface area contributed by atoms with Crippen LogP contribution in [0, 0.1) is 5.41 Å². The highest BCUT2D eigenvalue weighted by Crippen LogP contribution is 2.40. The molecule has 0 fully saturated rings. The predicted molar refractivity (Wildman–Crippen MR) is 98.4 cm³/mol. The zero-order valence-corrected chi connectivity index (χ0v) is 15.4. The zero-order valence-electron chi connectivity index (χ0n) is 14.5. The lowest BCUT2D eigenvalue weighted by Gasteiger charge is -2.32. The van der Waals surface area contributed by atoms with Crippen molar-refractivity contribution in [2.75, 3.05) is 0 Å². The molecule has 3 rings (SSSR count). The van der Waals surface area contributed by atoms with Gasteiger partial charge in [-0.25, -0.2) is 4.20 Å². The number of fused-ring (bicyclic) bond motifs is 3. The summed E-state index contributed by atoms with van der Waals surface area (Å²) in [6, 6.07) is 14.2.